The number of rotatable bonds is 4. The second kappa shape index (κ2) is 6.58. The molecule has 0 unspecified atom stereocenters. The number of nitrogens with zero attached hydrogens (tertiary/aromatic N) is 1. The largest absolute Gasteiger partial charge is 0.468 e. The standard InChI is InChI=1S/C23H22FN3O3/c1-23-11-17(15-4-2-3-5-19(15)30-23)20(21(25)28)22(29)27(23)9-8-13-12-26-18-7-6-14(24)10-16(13)18/h2-7,10,12,17,20,26H,8-9,11H2,1H3,(H2,25,28)/t17-,20+,23-/m0/s1. The molecule has 1 fully saturated rings. The summed E-state index contributed by atoms with van der Waals surface area (Å²) in [6.45, 7) is 2.21. The van der Waals surface area contributed by atoms with Gasteiger partial charge in [0, 0.05) is 36.0 Å². The number of ether oxygens (including phenoxy) is 1. The van der Waals surface area contributed by atoms with Gasteiger partial charge in [-0.3, -0.25) is 9.59 Å². The van der Waals surface area contributed by atoms with Gasteiger partial charge in [-0.15, -0.1) is 0 Å². The second-order valence-corrected chi connectivity index (χ2v) is 8.25. The average Bonchev–Trinajstić information content (AvgIpc) is 3.09. The summed E-state index contributed by atoms with van der Waals surface area (Å²) in [7, 11) is 0. The number of likely N-dealkylation sites (tertiary alicyclic amines) is 1. The van der Waals surface area contributed by atoms with Crippen molar-refractivity contribution in [2.75, 3.05) is 6.54 Å². The maximum Gasteiger partial charge on any atom is 0.238 e. The molecule has 3 aromatic rings. The summed E-state index contributed by atoms with van der Waals surface area (Å²) in [5, 5.41) is 0.781. The summed E-state index contributed by atoms with van der Waals surface area (Å²) in [5.41, 5.74) is 7.37. The molecule has 3 heterocycles. The minimum atomic E-state index is -0.927. The molecule has 1 saturated heterocycles. The molecule has 2 amide bonds. The minimum Gasteiger partial charge on any atom is -0.468 e. The summed E-state index contributed by atoms with van der Waals surface area (Å²) in [5.74, 6) is -1.81. The first kappa shape index (κ1) is 18.7. The first-order chi connectivity index (χ1) is 14.4. The number of carbonyl (C=O) groups is 2. The molecule has 0 spiro atoms. The lowest BCUT2D eigenvalue weighted by molar-refractivity contribution is -0.175. The third-order valence-electron chi connectivity index (χ3n) is 6.39. The number of hydrogen-bond acceptors (Lipinski definition) is 3. The molecule has 2 aliphatic rings. The van der Waals surface area contributed by atoms with Crippen LogP contribution < -0.4 is 10.5 Å². The van der Waals surface area contributed by atoms with Crippen LogP contribution >= 0.6 is 0 Å². The van der Waals surface area contributed by atoms with Crippen LogP contribution in [0, 0.1) is 11.7 Å². The number of carbonyl (C=O) groups excluding carboxylic acids is 2. The molecule has 6 nitrogen and oxygen atoms in total. The summed E-state index contributed by atoms with van der Waals surface area (Å²) in [4.78, 5) is 30.4. The molecule has 2 aromatic carbocycles. The second-order valence-electron chi connectivity index (χ2n) is 8.25. The smallest absolute Gasteiger partial charge is 0.238 e. The van der Waals surface area contributed by atoms with Crippen LogP contribution in [0.25, 0.3) is 10.9 Å². The van der Waals surface area contributed by atoms with Gasteiger partial charge in [-0.1, -0.05) is 18.2 Å². The number of para-hydroxylation sites is 1. The Hall–Kier alpha value is -3.35. The summed E-state index contributed by atoms with van der Waals surface area (Å²) in [6.07, 6.45) is 2.81. The van der Waals surface area contributed by atoms with E-state index in [2.05, 4.69) is 4.98 Å². The predicted molar refractivity (Wildman–Crippen MR) is 109 cm³/mol. The van der Waals surface area contributed by atoms with Crippen LogP contribution in [-0.2, 0) is 16.0 Å². The highest BCUT2D eigenvalue weighted by Crippen LogP contribution is 2.50. The highest BCUT2D eigenvalue weighted by molar-refractivity contribution is 6.02. The molecule has 0 aliphatic carbocycles. The fourth-order valence-corrected chi connectivity index (χ4v) is 4.97. The number of aromatic nitrogens is 1. The lowest BCUT2D eigenvalue weighted by atomic mass is 9.73. The van der Waals surface area contributed by atoms with Crippen molar-refractivity contribution in [2.24, 2.45) is 11.7 Å². The van der Waals surface area contributed by atoms with Gasteiger partial charge in [-0.25, -0.2) is 4.39 Å². The Kier molecular flexibility index (Phi) is 4.10. The third kappa shape index (κ3) is 2.76. The van der Waals surface area contributed by atoms with E-state index in [0.717, 1.165) is 22.0 Å². The van der Waals surface area contributed by atoms with Crippen molar-refractivity contribution < 1.29 is 18.7 Å². The SMILES string of the molecule is C[C@@]12C[C@@H](c3ccccc3O1)[C@H](C(N)=O)C(=O)N2CCc1c[nH]c2ccc(F)cc12. The number of hydrogen-bond donors (Lipinski definition) is 2. The zero-order valence-electron chi connectivity index (χ0n) is 16.5. The number of nitrogens with two attached hydrogens (primary N) is 1. The summed E-state index contributed by atoms with van der Waals surface area (Å²) in [6, 6.07) is 12.1. The van der Waals surface area contributed by atoms with Crippen molar-refractivity contribution in [1.29, 1.82) is 0 Å². The Labute approximate surface area is 172 Å². The van der Waals surface area contributed by atoms with Crippen LogP contribution in [0.3, 0.4) is 0 Å². The predicted octanol–water partition coefficient (Wildman–Crippen LogP) is 3.08. The fraction of sp³-hybridized carbons (Fsp3) is 0.304. The maximum absolute atomic E-state index is 13.7. The number of benzene rings is 2. The van der Waals surface area contributed by atoms with Crippen LogP contribution in [0.2, 0.25) is 0 Å². The number of H-pyrrole nitrogens is 1. The van der Waals surface area contributed by atoms with E-state index >= 15 is 0 Å². The molecule has 1 aromatic heterocycles. The molecule has 30 heavy (non-hydrogen) atoms. The average molecular weight is 407 g/mol. The number of primary amides is 1. The van der Waals surface area contributed by atoms with E-state index in [4.69, 9.17) is 10.5 Å². The molecule has 7 heteroatoms. The summed E-state index contributed by atoms with van der Waals surface area (Å²) < 4.78 is 20.0. The van der Waals surface area contributed by atoms with Gasteiger partial charge in [0.25, 0.3) is 0 Å². The van der Waals surface area contributed by atoms with Crippen LogP contribution in [0.15, 0.2) is 48.7 Å². The van der Waals surface area contributed by atoms with Gasteiger partial charge >= 0.3 is 0 Å². The van der Waals surface area contributed by atoms with Crippen LogP contribution in [0.4, 0.5) is 4.39 Å². The quantitative estimate of drug-likeness (QED) is 0.652. The number of amides is 2. The Morgan fingerprint density at radius 1 is 1.33 bits per heavy atom. The highest BCUT2D eigenvalue weighted by atomic mass is 19.1. The van der Waals surface area contributed by atoms with Gasteiger partial charge in [0.05, 0.1) is 0 Å². The van der Waals surface area contributed by atoms with Crippen LogP contribution in [0.5, 0.6) is 5.75 Å². The number of aromatic amines is 1. The monoisotopic (exact) mass is 407 g/mol. The third-order valence-corrected chi connectivity index (χ3v) is 6.39. The molecule has 5 rings (SSSR count). The number of halogens is 1. The van der Waals surface area contributed by atoms with Gasteiger partial charge in [0.2, 0.25) is 11.8 Å². The topological polar surface area (TPSA) is 88.4 Å². The Morgan fingerprint density at radius 3 is 2.93 bits per heavy atom. The van der Waals surface area contributed by atoms with Gasteiger partial charge in [0.1, 0.15) is 17.5 Å². The zero-order valence-corrected chi connectivity index (χ0v) is 16.5. The molecular weight excluding hydrogens is 385 g/mol. The Bertz CT molecular complexity index is 1170. The normalized spacial score (nSPS) is 25.1. The molecule has 0 radical (unpaired) electrons. The van der Waals surface area contributed by atoms with Crippen LogP contribution in [-0.4, -0.2) is 34.0 Å². The van der Waals surface area contributed by atoms with Gasteiger partial charge in [-0.2, -0.15) is 0 Å². The van der Waals surface area contributed by atoms with Crippen molar-refractivity contribution in [1.82, 2.24) is 9.88 Å². The van der Waals surface area contributed by atoms with E-state index in [-0.39, 0.29) is 17.6 Å². The van der Waals surface area contributed by atoms with E-state index in [0.29, 0.717) is 25.1 Å². The van der Waals surface area contributed by atoms with Crippen LogP contribution in [0.1, 0.15) is 30.4 Å². The van der Waals surface area contributed by atoms with Crippen molar-refractivity contribution in [3.05, 3.63) is 65.6 Å². The lowest BCUT2D eigenvalue weighted by Crippen LogP contribution is -2.64. The highest BCUT2D eigenvalue weighted by Gasteiger charge is 2.55. The van der Waals surface area contributed by atoms with Crippen molar-refractivity contribution in [3.8, 4) is 5.75 Å². The molecule has 2 bridgehead atoms. The Balaban J connectivity index is 1.49. The van der Waals surface area contributed by atoms with Crippen molar-refractivity contribution in [2.45, 2.75) is 31.4 Å². The Morgan fingerprint density at radius 2 is 2.13 bits per heavy atom. The molecular formula is C23H22FN3O3. The van der Waals surface area contributed by atoms with Gasteiger partial charge < -0.3 is 20.4 Å². The van der Waals surface area contributed by atoms with E-state index in [1.807, 2.05) is 37.4 Å². The molecule has 0 saturated carbocycles. The first-order valence-corrected chi connectivity index (χ1v) is 10.0. The minimum absolute atomic E-state index is 0.302. The number of nitrogens with one attached hydrogen (secondary N) is 1. The molecule has 3 N–H and O–H groups in total. The molecule has 154 valence electrons. The maximum atomic E-state index is 13.7. The van der Waals surface area contributed by atoms with E-state index in [1.54, 1.807) is 11.0 Å². The fourth-order valence-electron chi connectivity index (χ4n) is 4.97. The number of piperidine rings is 1. The van der Waals surface area contributed by atoms with Crippen molar-refractivity contribution >= 4 is 22.7 Å². The van der Waals surface area contributed by atoms with E-state index in [1.165, 1.54) is 12.1 Å². The van der Waals surface area contributed by atoms with Gasteiger partial charge in [-0.05, 0) is 48.7 Å². The number of fused-ring (bicyclic) bond motifs is 5. The lowest BCUT2D eigenvalue weighted by Gasteiger charge is -2.52. The molecule has 3 atom stereocenters. The summed E-state index contributed by atoms with van der Waals surface area (Å²) >= 11 is 0. The molecule has 2 aliphatic heterocycles. The van der Waals surface area contributed by atoms with Gasteiger partial charge in [0.15, 0.2) is 5.72 Å². The zero-order chi connectivity index (χ0) is 21.0. The van der Waals surface area contributed by atoms with E-state index < -0.39 is 17.6 Å². The first-order valence-electron chi connectivity index (χ1n) is 10.0. The van der Waals surface area contributed by atoms with E-state index in [9.17, 15) is 14.0 Å². The van der Waals surface area contributed by atoms with Crippen molar-refractivity contribution in [3.63, 3.8) is 0 Å².